The van der Waals surface area contributed by atoms with Crippen molar-refractivity contribution in [2.75, 3.05) is 24.5 Å². The van der Waals surface area contributed by atoms with Gasteiger partial charge in [0.2, 0.25) is 0 Å². The van der Waals surface area contributed by atoms with Gasteiger partial charge < -0.3 is 14.8 Å². The summed E-state index contributed by atoms with van der Waals surface area (Å²) in [6.45, 7) is 3.04. The van der Waals surface area contributed by atoms with Crippen LogP contribution in [-0.4, -0.2) is 30.3 Å². The second kappa shape index (κ2) is 8.75. The largest absolute Gasteiger partial charge is 0.632 e. The molecule has 3 aromatic carbocycles. The van der Waals surface area contributed by atoms with Gasteiger partial charge in [0.05, 0.1) is 0 Å². The van der Waals surface area contributed by atoms with Crippen molar-refractivity contribution in [1.82, 2.24) is 0 Å². The molecule has 0 amide bonds. The second-order valence-electron chi connectivity index (χ2n) is 7.89. The van der Waals surface area contributed by atoms with E-state index in [4.69, 9.17) is 23.2 Å². The zero-order valence-electron chi connectivity index (χ0n) is 16.9. The van der Waals surface area contributed by atoms with Gasteiger partial charge >= 0.3 is 0 Å². The molecule has 1 aliphatic heterocycles. The first-order valence-electron chi connectivity index (χ1n) is 10.1. The molecular formula is C24H22Cl2F2N2O. The van der Waals surface area contributed by atoms with Crippen LogP contribution in [0, 0.1) is 16.8 Å². The number of rotatable bonds is 6. The van der Waals surface area contributed by atoms with E-state index in [9.17, 15) is 14.0 Å². The third-order valence-corrected chi connectivity index (χ3v) is 6.35. The molecule has 0 atom stereocenters. The number of likely N-dealkylation sites (tertiary alicyclic amines) is 1. The number of halogens is 4. The Morgan fingerprint density at radius 2 is 1.35 bits per heavy atom. The lowest BCUT2D eigenvalue weighted by Crippen LogP contribution is -2.69. The molecule has 31 heavy (non-hydrogen) atoms. The van der Waals surface area contributed by atoms with Crippen LogP contribution in [0.5, 0.6) is 0 Å². The number of hydrogen-bond donors (Lipinski definition) is 0. The van der Waals surface area contributed by atoms with Crippen LogP contribution in [0.4, 0.5) is 14.5 Å². The first kappa shape index (κ1) is 22.0. The summed E-state index contributed by atoms with van der Waals surface area (Å²) in [5.41, 5.74) is 2.17. The second-order valence-corrected chi connectivity index (χ2v) is 8.76. The molecule has 0 N–H and O–H groups in total. The monoisotopic (exact) mass is 462 g/mol. The van der Waals surface area contributed by atoms with Crippen LogP contribution < -0.4 is 4.90 Å². The fraction of sp³-hybridized carbons (Fsp3) is 0.250. The van der Waals surface area contributed by atoms with Crippen LogP contribution in [0.15, 0.2) is 66.7 Å². The molecule has 0 radical (unpaired) electrons. The molecule has 0 spiro atoms. The molecule has 162 valence electrons. The zero-order chi connectivity index (χ0) is 22.2. The third kappa shape index (κ3) is 4.55. The smallest absolute Gasteiger partial charge is 0.140 e. The third-order valence-electron chi connectivity index (χ3n) is 5.84. The van der Waals surface area contributed by atoms with Crippen molar-refractivity contribution in [1.29, 1.82) is 0 Å². The van der Waals surface area contributed by atoms with Crippen LogP contribution in [0.3, 0.4) is 0 Å². The van der Waals surface area contributed by atoms with Gasteiger partial charge in [-0.3, -0.25) is 0 Å². The molecule has 1 heterocycles. The van der Waals surface area contributed by atoms with E-state index < -0.39 is 22.3 Å². The molecule has 0 aliphatic carbocycles. The lowest BCUT2D eigenvalue weighted by atomic mass is 9.91. The molecule has 0 bridgehead atoms. The van der Waals surface area contributed by atoms with Crippen molar-refractivity contribution in [3.05, 3.63) is 105 Å². The van der Waals surface area contributed by atoms with E-state index in [0.717, 1.165) is 17.2 Å². The number of quaternary nitrogens is 1. The summed E-state index contributed by atoms with van der Waals surface area (Å²) in [7, 11) is 0. The summed E-state index contributed by atoms with van der Waals surface area (Å²) >= 11 is 12.1. The maximum absolute atomic E-state index is 13.9. The Morgan fingerprint density at radius 1 is 0.903 bits per heavy atom. The van der Waals surface area contributed by atoms with Crippen LogP contribution in [0.25, 0.3) is 0 Å². The number of likely N-dealkylation sites (N-methyl/N-ethyl adjacent to an activating group) is 1. The molecule has 0 unspecified atom stereocenters. The Bertz CT molecular complexity index is 988. The quantitative estimate of drug-likeness (QED) is 0.305. The minimum absolute atomic E-state index is 0.120. The summed E-state index contributed by atoms with van der Waals surface area (Å²) in [5.74, 6) is -1.26. The normalized spacial score (nSPS) is 20.5. The van der Waals surface area contributed by atoms with E-state index in [2.05, 4.69) is 0 Å². The van der Waals surface area contributed by atoms with Crippen LogP contribution in [-0.2, 0) is 0 Å². The molecule has 3 nitrogen and oxygen atoms in total. The first-order chi connectivity index (χ1) is 14.8. The summed E-state index contributed by atoms with van der Waals surface area (Å²) in [6.07, 6.45) is 0. The van der Waals surface area contributed by atoms with Gasteiger partial charge in [0.15, 0.2) is 0 Å². The van der Waals surface area contributed by atoms with Crippen molar-refractivity contribution >= 4 is 28.9 Å². The minimum Gasteiger partial charge on any atom is -0.632 e. The highest BCUT2D eigenvalue weighted by Gasteiger charge is 2.47. The number of benzene rings is 3. The maximum atomic E-state index is 13.9. The summed E-state index contributed by atoms with van der Waals surface area (Å²) < 4.78 is 27.0. The lowest BCUT2D eigenvalue weighted by Gasteiger charge is -2.60. The van der Waals surface area contributed by atoms with Gasteiger partial charge in [0.1, 0.15) is 36.8 Å². The Morgan fingerprint density at radius 3 is 1.77 bits per heavy atom. The highest BCUT2D eigenvalue weighted by Crippen LogP contribution is 2.42. The van der Waals surface area contributed by atoms with Crippen LogP contribution in [0.2, 0.25) is 10.0 Å². The number of hydrogen-bond acceptors (Lipinski definition) is 2. The van der Waals surface area contributed by atoms with E-state index in [-0.39, 0.29) is 6.04 Å². The predicted molar refractivity (Wildman–Crippen MR) is 121 cm³/mol. The zero-order valence-corrected chi connectivity index (χ0v) is 18.5. The summed E-state index contributed by atoms with van der Waals surface area (Å²) in [6, 6.07) is 17.5. The summed E-state index contributed by atoms with van der Waals surface area (Å²) in [4.78, 5) is 1.89. The first-order valence-corrected chi connectivity index (χ1v) is 10.9. The van der Waals surface area contributed by atoms with Gasteiger partial charge in [-0.25, -0.2) is 8.78 Å². The fourth-order valence-corrected chi connectivity index (χ4v) is 4.70. The molecule has 0 saturated carbocycles. The van der Waals surface area contributed by atoms with Crippen molar-refractivity contribution in [3.8, 4) is 0 Å². The average Bonchev–Trinajstić information content (AvgIpc) is 2.70. The van der Waals surface area contributed by atoms with Gasteiger partial charge in [0, 0.05) is 39.5 Å². The summed E-state index contributed by atoms with van der Waals surface area (Å²) in [5, 5.41) is 15.1. The van der Waals surface area contributed by atoms with Gasteiger partial charge in [-0.1, -0.05) is 47.5 Å². The van der Waals surface area contributed by atoms with Gasteiger partial charge in [0.25, 0.3) is 0 Å². The molecule has 1 aliphatic rings. The highest BCUT2D eigenvalue weighted by molar-refractivity contribution is 6.30. The van der Waals surface area contributed by atoms with Crippen LogP contribution in [0.1, 0.15) is 24.1 Å². The Balaban J connectivity index is 1.64. The molecule has 3 aromatic rings. The van der Waals surface area contributed by atoms with Crippen LogP contribution >= 0.6 is 23.2 Å². The Hall–Kier alpha value is -2.18. The van der Waals surface area contributed by atoms with Crippen molar-refractivity contribution in [2.24, 2.45) is 0 Å². The Kier molecular flexibility index (Phi) is 6.22. The highest BCUT2D eigenvalue weighted by atomic mass is 35.5. The topological polar surface area (TPSA) is 26.3 Å². The molecule has 1 saturated heterocycles. The van der Waals surface area contributed by atoms with Gasteiger partial charge in [-0.2, -0.15) is 0 Å². The predicted octanol–water partition coefficient (Wildman–Crippen LogP) is 6.58. The maximum Gasteiger partial charge on any atom is 0.140 e. The molecule has 1 fully saturated rings. The number of nitrogens with zero attached hydrogens (tertiary/aromatic N) is 2. The molecular weight excluding hydrogens is 441 g/mol. The van der Waals surface area contributed by atoms with Crippen molar-refractivity contribution < 1.29 is 13.4 Å². The molecule has 4 rings (SSSR count). The van der Waals surface area contributed by atoms with E-state index in [1.165, 1.54) is 12.1 Å². The van der Waals surface area contributed by atoms with Crippen molar-refractivity contribution in [2.45, 2.75) is 19.0 Å². The van der Waals surface area contributed by atoms with Gasteiger partial charge in [-0.15, -0.1) is 0 Å². The molecule has 0 aromatic heterocycles. The number of hydroxylamine groups is 3. The Labute approximate surface area is 190 Å². The minimum atomic E-state index is -0.629. The SMILES string of the molecule is CCN(c1cc(F)cc(F)c1)C1C[N+]([O-])(C(c2ccc(Cl)cc2)c2ccc(Cl)cc2)C1. The standard InChI is InChI=1S/C24H22Cl2F2N2O/c1-2-29(22-12-20(27)11-21(28)13-22)23-14-30(31,15-23)24(16-3-7-18(25)8-4-16)17-5-9-19(26)10-6-17/h3-13,23-24H,2,14-15H2,1H3. The fourth-order valence-electron chi connectivity index (χ4n) is 4.45. The van der Waals surface area contributed by atoms with E-state index in [1.54, 1.807) is 24.3 Å². The van der Waals surface area contributed by atoms with E-state index in [1.807, 2.05) is 36.1 Å². The lowest BCUT2D eigenvalue weighted by molar-refractivity contribution is -0.944. The van der Waals surface area contributed by atoms with E-state index in [0.29, 0.717) is 35.4 Å². The van der Waals surface area contributed by atoms with E-state index >= 15 is 0 Å². The van der Waals surface area contributed by atoms with Gasteiger partial charge in [-0.05, 0) is 43.3 Å². The average molecular weight is 463 g/mol. The van der Waals surface area contributed by atoms with Crippen molar-refractivity contribution in [3.63, 3.8) is 0 Å². The number of anilines is 1. The molecule has 7 heteroatoms.